The number of methoxy groups -OCH3 is 1. The van der Waals surface area contributed by atoms with Crippen LogP contribution in [0.15, 0.2) is 53.3 Å². The fraction of sp³-hybridized carbons (Fsp3) is 0.360. The van der Waals surface area contributed by atoms with E-state index in [1.54, 1.807) is 7.11 Å². The van der Waals surface area contributed by atoms with Gasteiger partial charge >= 0.3 is 0 Å². The molecule has 170 valence electrons. The van der Waals surface area contributed by atoms with Crippen molar-refractivity contribution >= 4 is 33.9 Å². The predicted octanol–water partition coefficient (Wildman–Crippen LogP) is 4.25. The van der Waals surface area contributed by atoms with E-state index in [0.29, 0.717) is 17.2 Å². The molecule has 1 aromatic heterocycles. The third kappa shape index (κ3) is 6.31. The molecular formula is C25H32N4O2S. The fourth-order valence-electron chi connectivity index (χ4n) is 3.54. The van der Waals surface area contributed by atoms with Crippen molar-refractivity contribution in [1.29, 1.82) is 0 Å². The fourth-order valence-corrected chi connectivity index (χ4v) is 3.81. The maximum absolute atomic E-state index is 12.8. The van der Waals surface area contributed by atoms with Gasteiger partial charge in [0.15, 0.2) is 5.11 Å². The van der Waals surface area contributed by atoms with E-state index in [1.165, 1.54) is 5.56 Å². The van der Waals surface area contributed by atoms with Crippen LogP contribution in [0, 0.1) is 0 Å². The summed E-state index contributed by atoms with van der Waals surface area (Å²) in [6.45, 7) is 4.24. The largest absolute Gasteiger partial charge is 0.497 e. The normalized spacial score (nSPS) is 11.0. The first kappa shape index (κ1) is 23.8. The summed E-state index contributed by atoms with van der Waals surface area (Å²) in [7, 11) is 5.74. The van der Waals surface area contributed by atoms with Crippen molar-refractivity contribution in [3.05, 3.63) is 70.0 Å². The Hall–Kier alpha value is -2.90. The van der Waals surface area contributed by atoms with Gasteiger partial charge in [-0.1, -0.05) is 19.1 Å². The highest BCUT2D eigenvalue weighted by Crippen LogP contribution is 2.19. The monoisotopic (exact) mass is 452 g/mol. The number of H-pyrrole nitrogens is 1. The van der Waals surface area contributed by atoms with Gasteiger partial charge in [-0.25, -0.2) is 0 Å². The molecule has 0 saturated heterocycles. The van der Waals surface area contributed by atoms with E-state index in [2.05, 4.69) is 53.3 Å². The summed E-state index contributed by atoms with van der Waals surface area (Å²) in [6, 6.07) is 15.8. The molecular weight excluding hydrogens is 420 g/mol. The highest BCUT2D eigenvalue weighted by Gasteiger charge is 2.14. The zero-order chi connectivity index (χ0) is 23.1. The summed E-state index contributed by atoms with van der Waals surface area (Å²) in [5, 5.41) is 4.88. The Morgan fingerprint density at radius 1 is 1.09 bits per heavy atom. The molecule has 0 spiro atoms. The number of nitrogens with one attached hydrogen (secondary N) is 2. The average Bonchev–Trinajstić information content (AvgIpc) is 2.78. The zero-order valence-corrected chi connectivity index (χ0v) is 20.1. The Morgan fingerprint density at radius 2 is 1.84 bits per heavy atom. The number of hydrogen-bond acceptors (Lipinski definition) is 4. The summed E-state index contributed by atoms with van der Waals surface area (Å²) in [6.07, 6.45) is 1.93. The summed E-state index contributed by atoms with van der Waals surface area (Å²) >= 11 is 5.74. The van der Waals surface area contributed by atoms with Gasteiger partial charge in [-0.2, -0.15) is 0 Å². The van der Waals surface area contributed by atoms with E-state index in [4.69, 9.17) is 17.0 Å². The van der Waals surface area contributed by atoms with E-state index in [-0.39, 0.29) is 5.56 Å². The first-order valence-corrected chi connectivity index (χ1v) is 11.3. The minimum absolute atomic E-state index is 0.102. The number of hydrogen-bond donors (Lipinski definition) is 2. The molecule has 0 amide bonds. The average molecular weight is 453 g/mol. The van der Waals surface area contributed by atoms with E-state index in [1.807, 2.05) is 36.4 Å². The van der Waals surface area contributed by atoms with Gasteiger partial charge in [-0.15, -0.1) is 0 Å². The van der Waals surface area contributed by atoms with Crippen molar-refractivity contribution < 1.29 is 4.74 Å². The van der Waals surface area contributed by atoms with Gasteiger partial charge in [0.05, 0.1) is 13.7 Å². The Labute approximate surface area is 195 Å². The van der Waals surface area contributed by atoms with Crippen LogP contribution in [-0.4, -0.2) is 54.2 Å². The van der Waals surface area contributed by atoms with Gasteiger partial charge in [-0.05, 0) is 87.7 Å². The minimum Gasteiger partial charge on any atom is -0.497 e. The van der Waals surface area contributed by atoms with Gasteiger partial charge in [0.25, 0.3) is 5.56 Å². The second-order valence-corrected chi connectivity index (χ2v) is 8.52. The topological polar surface area (TPSA) is 60.6 Å². The number of aromatic amines is 1. The Balaban J connectivity index is 1.83. The molecule has 0 bridgehead atoms. The lowest BCUT2D eigenvalue weighted by Crippen LogP contribution is -2.37. The molecule has 0 saturated carbocycles. The van der Waals surface area contributed by atoms with E-state index in [9.17, 15) is 4.79 Å². The van der Waals surface area contributed by atoms with Crippen molar-refractivity contribution in [2.45, 2.75) is 26.3 Å². The number of ether oxygens (including phenoxy) is 1. The maximum Gasteiger partial charge on any atom is 0.253 e. The molecule has 7 heteroatoms. The smallest absolute Gasteiger partial charge is 0.253 e. The number of aromatic nitrogens is 1. The molecule has 0 aliphatic heterocycles. The standard InChI is InChI=1S/C25H32N4O2S/c1-5-18-7-9-21(10-8-18)26-25(32)29(14-6-13-28(2)3)17-20-15-19-16-22(31-4)11-12-23(19)27-24(20)30/h7-12,15-16H,5-6,13-14,17H2,1-4H3,(H,26,32)(H,27,30). The second kappa shape index (κ2) is 11.1. The molecule has 32 heavy (non-hydrogen) atoms. The van der Waals surface area contributed by atoms with Crippen molar-refractivity contribution in [2.75, 3.05) is 39.6 Å². The number of nitrogens with zero attached hydrogens (tertiary/aromatic N) is 2. The van der Waals surface area contributed by atoms with Gasteiger partial charge in [0, 0.05) is 28.7 Å². The SMILES string of the molecule is CCc1ccc(NC(=S)N(CCCN(C)C)Cc2cc3cc(OC)ccc3[nH]c2=O)cc1. The first-order valence-electron chi connectivity index (χ1n) is 10.9. The molecule has 2 aromatic carbocycles. The number of fused-ring (bicyclic) bond motifs is 1. The van der Waals surface area contributed by atoms with Crippen molar-refractivity contribution in [3.8, 4) is 5.75 Å². The number of thiocarbonyl (C=S) groups is 1. The molecule has 0 radical (unpaired) electrons. The summed E-state index contributed by atoms with van der Waals surface area (Å²) in [5.41, 5.74) is 3.58. The number of rotatable bonds is 9. The van der Waals surface area contributed by atoms with Crippen LogP contribution in [0.2, 0.25) is 0 Å². The lowest BCUT2D eigenvalue weighted by molar-refractivity contribution is 0.346. The van der Waals surface area contributed by atoms with Gasteiger partial charge in [0.1, 0.15) is 5.75 Å². The van der Waals surface area contributed by atoms with Crippen LogP contribution in [0.25, 0.3) is 10.9 Å². The van der Waals surface area contributed by atoms with Crippen LogP contribution in [0.5, 0.6) is 5.75 Å². The Kier molecular flexibility index (Phi) is 8.25. The maximum atomic E-state index is 12.8. The zero-order valence-electron chi connectivity index (χ0n) is 19.3. The molecule has 3 rings (SSSR count). The molecule has 3 aromatic rings. The van der Waals surface area contributed by atoms with Crippen molar-refractivity contribution in [3.63, 3.8) is 0 Å². The predicted molar refractivity (Wildman–Crippen MR) is 137 cm³/mol. The Morgan fingerprint density at radius 3 is 2.50 bits per heavy atom. The minimum atomic E-state index is -0.102. The summed E-state index contributed by atoms with van der Waals surface area (Å²) in [5.74, 6) is 0.756. The van der Waals surface area contributed by atoms with Crippen LogP contribution in [0.4, 0.5) is 5.69 Å². The van der Waals surface area contributed by atoms with Crippen LogP contribution >= 0.6 is 12.2 Å². The number of benzene rings is 2. The second-order valence-electron chi connectivity index (χ2n) is 8.14. The molecule has 0 aliphatic rings. The quantitative estimate of drug-likeness (QED) is 0.474. The van der Waals surface area contributed by atoms with Crippen LogP contribution in [0.1, 0.15) is 24.5 Å². The number of pyridine rings is 1. The third-order valence-corrected chi connectivity index (χ3v) is 5.78. The van der Waals surface area contributed by atoms with Crippen LogP contribution in [0.3, 0.4) is 0 Å². The Bertz CT molecular complexity index is 1110. The summed E-state index contributed by atoms with van der Waals surface area (Å²) in [4.78, 5) is 20.0. The molecule has 0 unspecified atom stereocenters. The molecule has 0 atom stereocenters. The first-order chi connectivity index (χ1) is 15.4. The number of anilines is 1. The third-order valence-electron chi connectivity index (χ3n) is 5.42. The molecule has 6 nitrogen and oxygen atoms in total. The van der Waals surface area contributed by atoms with Crippen molar-refractivity contribution in [1.82, 2.24) is 14.8 Å². The highest BCUT2D eigenvalue weighted by molar-refractivity contribution is 7.80. The summed E-state index contributed by atoms with van der Waals surface area (Å²) < 4.78 is 5.33. The van der Waals surface area contributed by atoms with Crippen molar-refractivity contribution in [2.24, 2.45) is 0 Å². The van der Waals surface area contributed by atoms with Gasteiger partial charge in [0.2, 0.25) is 0 Å². The molecule has 0 aliphatic carbocycles. The molecule has 1 heterocycles. The molecule has 2 N–H and O–H groups in total. The van der Waals surface area contributed by atoms with Gasteiger partial charge in [-0.3, -0.25) is 4.79 Å². The number of aryl methyl sites for hydroxylation is 1. The van der Waals surface area contributed by atoms with Gasteiger partial charge < -0.3 is 24.8 Å². The molecule has 0 fully saturated rings. The van der Waals surface area contributed by atoms with Crippen LogP contribution < -0.4 is 15.6 Å². The highest BCUT2D eigenvalue weighted by atomic mass is 32.1. The van der Waals surface area contributed by atoms with Crippen LogP contribution in [-0.2, 0) is 13.0 Å². The van der Waals surface area contributed by atoms with E-state index in [0.717, 1.165) is 48.3 Å². The lowest BCUT2D eigenvalue weighted by atomic mass is 10.1. The van der Waals surface area contributed by atoms with E-state index >= 15 is 0 Å². The van der Waals surface area contributed by atoms with E-state index < -0.39 is 0 Å². The lowest BCUT2D eigenvalue weighted by Gasteiger charge is -2.26.